The average molecular weight is 1590 g/mol. The Morgan fingerprint density at radius 1 is 0.310 bits per heavy atom. The second-order valence-corrected chi connectivity index (χ2v) is 34.0. The van der Waals surface area contributed by atoms with E-state index in [4.69, 9.17) is 37.9 Å². The van der Waals surface area contributed by atoms with E-state index in [1.165, 1.54) is 265 Å². The predicted octanol–water partition coefficient (Wildman–Crippen LogP) is 27.3. The number of allylic oxidation sites excluding steroid dienone is 2. The maximum atomic E-state index is 10.7. The topological polar surface area (TPSA) is 141 Å². The summed E-state index contributed by atoms with van der Waals surface area (Å²) in [5, 5.41) is 30.8. The van der Waals surface area contributed by atoms with Gasteiger partial charge in [-0.25, -0.2) is 0 Å². The monoisotopic (exact) mass is 1590 g/mol. The fraction of sp³-hybridized carbons (Fsp3) is 0.581. The number of aliphatic hydroxyl groups excluding tert-OH is 2. The van der Waals surface area contributed by atoms with Crippen molar-refractivity contribution >= 4 is 0 Å². The molecule has 0 bridgehead atoms. The first-order chi connectivity index (χ1) is 56.7. The van der Waals surface area contributed by atoms with E-state index in [-0.39, 0.29) is 49.5 Å². The van der Waals surface area contributed by atoms with Gasteiger partial charge in [0.15, 0.2) is 0 Å². The number of phenols is 1. The molecule has 0 radical (unpaired) electrons. The third-order valence-corrected chi connectivity index (χ3v) is 22.8. The van der Waals surface area contributed by atoms with Crippen LogP contribution in [0.5, 0.6) is 40.2 Å². The molecule has 9 rings (SSSR count). The molecule has 11 nitrogen and oxygen atoms in total. The Bertz CT molecular complexity index is 3400. The van der Waals surface area contributed by atoms with Gasteiger partial charge in [-0.2, -0.15) is 0 Å². The van der Waals surface area contributed by atoms with Gasteiger partial charge in [-0.05, 0) is 182 Å². The van der Waals surface area contributed by atoms with Gasteiger partial charge >= 0.3 is 0 Å². The number of aromatic hydroxyl groups is 1. The van der Waals surface area contributed by atoms with Crippen LogP contribution in [0, 0.1) is 0 Å². The number of aliphatic hydroxyl groups is 2. The number of hydrogen-bond donors (Lipinski definition) is 3. The van der Waals surface area contributed by atoms with Gasteiger partial charge < -0.3 is 53.2 Å². The van der Waals surface area contributed by atoms with Crippen molar-refractivity contribution in [2.45, 2.75) is 341 Å². The Hall–Kier alpha value is -7.28. The largest absolute Gasteiger partial charge is 0.508 e. The molecular formula is C105H154O11. The maximum Gasteiger partial charge on any atom is 0.122 e. The summed E-state index contributed by atoms with van der Waals surface area (Å²) in [6.45, 7) is 19.2. The van der Waals surface area contributed by atoms with Crippen molar-refractivity contribution in [3.63, 3.8) is 0 Å². The number of benzene rings is 7. The van der Waals surface area contributed by atoms with Crippen molar-refractivity contribution in [3.05, 3.63) is 221 Å². The number of ether oxygens (including phenoxy) is 8. The lowest BCUT2D eigenvalue weighted by molar-refractivity contribution is 0.0626. The molecule has 2 aliphatic rings. The zero-order valence-electron chi connectivity index (χ0n) is 73.2. The van der Waals surface area contributed by atoms with Gasteiger partial charge in [0.25, 0.3) is 0 Å². The summed E-state index contributed by atoms with van der Waals surface area (Å²) in [5.41, 5.74) is 8.28. The molecule has 0 spiro atoms. The van der Waals surface area contributed by atoms with E-state index in [2.05, 4.69) is 139 Å². The van der Waals surface area contributed by atoms with Crippen molar-refractivity contribution in [2.24, 2.45) is 0 Å². The summed E-state index contributed by atoms with van der Waals surface area (Å²) in [5.74, 6) is 5.17. The van der Waals surface area contributed by atoms with E-state index in [1.807, 2.05) is 84.9 Å². The molecule has 2 aliphatic heterocycles. The lowest BCUT2D eigenvalue weighted by Crippen LogP contribution is -2.25. The second kappa shape index (κ2) is 58.6. The van der Waals surface area contributed by atoms with Crippen LogP contribution in [0.3, 0.4) is 0 Å². The number of phenolic OH excluding ortho intramolecular Hbond substituents is 1. The van der Waals surface area contributed by atoms with E-state index in [0.717, 1.165) is 66.6 Å². The molecule has 3 N–H and O–H groups in total. The van der Waals surface area contributed by atoms with Crippen molar-refractivity contribution in [3.8, 4) is 40.2 Å². The Balaban J connectivity index is 0.000000316. The van der Waals surface area contributed by atoms with Crippen LogP contribution in [0.2, 0.25) is 0 Å². The van der Waals surface area contributed by atoms with Crippen LogP contribution in [0.4, 0.5) is 0 Å². The Morgan fingerprint density at radius 2 is 0.569 bits per heavy atom. The van der Waals surface area contributed by atoms with Gasteiger partial charge in [0.1, 0.15) is 104 Å². The summed E-state index contributed by atoms with van der Waals surface area (Å²) in [6.07, 6.45) is 57.0. The molecular weight excluding hydrogens is 1440 g/mol. The van der Waals surface area contributed by atoms with Crippen molar-refractivity contribution in [1.82, 2.24) is 0 Å². The van der Waals surface area contributed by atoms with Crippen LogP contribution >= 0.6 is 0 Å². The summed E-state index contributed by atoms with van der Waals surface area (Å²) >= 11 is 0. The van der Waals surface area contributed by atoms with Crippen molar-refractivity contribution in [2.75, 3.05) is 52.9 Å². The molecule has 7 aromatic carbocycles. The van der Waals surface area contributed by atoms with Crippen LogP contribution < -0.4 is 28.4 Å². The summed E-state index contributed by atoms with van der Waals surface area (Å²) in [6, 6.07) is 57.1. The molecule has 11 heteroatoms. The molecule has 2 saturated heterocycles. The van der Waals surface area contributed by atoms with E-state index in [0.29, 0.717) is 30.5 Å². The molecule has 0 amide bonds. The third-order valence-electron chi connectivity index (χ3n) is 22.8. The first kappa shape index (κ1) is 95.9. The predicted molar refractivity (Wildman–Crippen MR) is 484 cm³/mol. The first-order valence-electron chi connectivity index (χ1n) is 46.1. The quantitative estimate of drug-likeness (QED) is 0.0191. The molecule has 640 valence electrons. The molecule has 7 aromatic rings. The number of unbranched alkanes of at least 4 members (excludes halogenated alkanes) is 33. The number of hydrogen-bond acceptors (Lipinski definition) is 11. The summed E-state index contributed by atoms with van der Waals surface area (Å²) in [4.78, 5) is 0. The van der Waals surface area contributed by atoms with E-state index in [9.17, 15) is 15.3 Å². The Morgan fingerprint density at radius 3 is 0.871 bits per heavy atom. The summed E-state index contributed by atoms with van der Waals surface area (Å²) < 4.78 is 45.6. The Kier molecular flexibility index (Phi) is 48.4. The molecule has 4 unspecified atom stereocenters. The third kappa shape index (κ3) is 42.4. The minimum Gasteiger partial charge on any atom is -0.508 e. The van der Waals surface area contributed by atoms with E-state index >= 15 is 0 Å². The number of aryl methyl sites for hydroxylation is 3. The van der Waals surface area contributed by atoms with Crippen LogP contribution in [-0.2, 0) is 39.6 Å². The SMILES string of the molecule is CC(C)(c1ccc(OCC2CO2)cc1)c1ccc(OCC2CO2)cc1.CCCC/C=C/CCCCCCCCCc1cccc(O)c1.CCCCCCCCCCCCCCCc1cccc(OCC(O)COc2ccc(C(C)(C)c3ccc(OCC(O)COc4cccc(CCCCCCCCCCCCCCC)c4)cc3)cc2)c1. The van der Waals surface area contributed by atoms with Gasteiger partial charge in [-0.3, -0.25) is 0 Å². The first-order valence-corrected chi connectivity index (χ1v) is 46.1. The lowest BCUT2D eigenvalue weighted by Gasteiger charge is -2.26. The molecule has 4 atom stereocenters. The van der Waals surface area contributed by atoms with Gasteiger partial charge in [0.05, 0.1) is 13.2 Å². The molecule has 0 aliphatic carbocycles. The van der Waals surface area contributed by atoms with Crippen LogP contribution in [-0.4, -0.2) is 92.6 Å². The lowest BCUT2D eigenvalue weighted by atomic mass is 9.78. The minimum absolute atomic E-state index is 0.0870. The van der Waals surface area contributed by atoms with Gasteiger partial charge in [-0.15, -0.1) is 0 Å². The van der Waals surface area contributed by atoms with Crippen molar-refractivity contribution < 1.29 is 53.2 Å². The highest BCUT2D eigenvalue weighted by molar-refractivity contribution is 5.44. The standard InChI is InChI=1S/C63H96O6.C21H24O4.C21H34O/c1-5-7-9-11-13-15-17-19-21-23-25-27-29-33-53-35-31-37-61(47-53)68-51-57(64)49-66-59-43-39-55(40-44-59)63(3,4)56-41-45-60(46-42-56)67-50-58(65)52-69-62-38-32-36-54(48-62)34-30-28-26-24-22-20-18-16-14-12-10-8-6-2;1-21(2,15-3-7-17(8-4-15)22-11-19-13-24-19)16-5-9-18(10-6-16)23-12-20-14-25-20;1-2-3-4-5-6-7-8-9-10-11-12-13-14-16-20-17-15-18-21(22)19-20/h31-32,35-48,57-58,64-65H,5-30,33-34,49-52H2,1-4H3;3-10,19-20H,11-14H2,1-2H3;5-6,15,17-19,22H,2-4,7-14,16H2,1H3/b;;6-5+. The zero-order valence-corrected chi connectivity index (χ0v) is 73.2. The van der Waals surface area contributed by atoms with E-state index < -0.39 is 12.2 Å². The van der Waals surface area contributed by atoms with E-state index in [1.54, 1.807) is 6.07 Å². The highest BCUT2D eigenvalue weighted by Crippen LogP contribution is 2.36. The van der Waals surface area contributed by atoms with Gasteiger partial charge in [0.2, 0.25) is 0 Å². The number of rotatable bonds is 63. The maximum absolute atomic E-state index is 10.7. The van der Waals surface area contributed by atoms with Gasteiger partial charge in [-0.1, -0.05) is 345 Å². The minimum atomic E-state index is -0.749. The summed E-state index contributed by atoms with van der Waals surface area (Å²) in [7, 11) is 0. The Labute approximate surface area is 703 Å². The van der Waals surface area contributed by atoms with Gasteiger partial charge in [0, 0.05) is 10.8 Å². The highest BCUT2D eigenvalue weighted by Gasteiger charge is 2.27. The highest BCUT2D eigenvalue weighted by atomic mass is 16.6. The van der Waals surface area contributed by atoms with Crippen molar-refractivity contribution in [1.29, 1.82) is 0 Å². The molecule has 2 fully saturated rings. The second-order valence-electron chi connectivity index (χ2n) is 34.0. The fourth-order valence-corrected chi connectivity index (χ4v) is 14.8. The number of epoxide rings is 2. The van der Waals surface area contributed by atoms with Crippen LogP contribution in [0.15, 0.2) is 182 Å². The molecule has 2 heterocycles. The van der Waals surface area contributed by atoms with Crippen LogP contribution in [0.1, 0.15) is 325 Å². The van der Waals surface area contributed by atoms with Crippen LogP contribution in [0.25, 0.3) is 0 Å². The zero-order chi connectivity index (χ0) is 82.2. The molecule has 0 saturated carbocycles. The average Bonchev–Trinajstić information content (AvgIpc) is 1.31. The molecule has 116 heavy (non-hydrogen) atoms. The smallest absolute Gasteiger partial charge is 0.122 e. The normalized spacial score (nSPS) is 14.2. The molecule has 0 aromatic heterocycles. The fourth-order valence-electron chi connectivity index (χ4n) is 14.8.